The molecular formula is C12H17N3O3. The lowest BCUT2D eigenvalue weighted by atomic mass is 9.80. The lowest BCUT2D eigenvalue weighted by Gasteiger charge is -2.36. The van der Waals surface area contributed by atoms with Crippen LogP contribution >= 0.6 is 0 Å². The normalized spacial score (nSPS) is 18.4. The van der Waals surface area contributed by atoms with Gasteiger partial charge in [-0.2, -0.15) is 4.98 Å². The van der Waals surface area contributed by atoms with Crippen LogP contribution in [0, 0.1) is 5.41 Å². The molecule has 1 saturated heterocycles. The minimum absolute atomic E-state index is 0.520. The molecule has 6 heteroatoms. The molecule has 0 unspecified atom stereocenters. The fourth-order valence-electron chi connectivity index (χ4n) is 2.01. The monoisotopic (exact) mass is 251 g/mol. The maximum atomic E-state index is 11.1. The van der Waals surface area contributed by atoms with E-state index in [0.717, 1.165) is 0 Å². The van der Waals surface area contributed by atoms with Crippen molar-refractivity contribution < 1.29 is 14.6 Å². The Morgan fingerprint density at radius 1 is 1.50 bits per heavy atom. The standard InChI is InChI=1S/C12H17N3O3/c1-12(10(16)17)4-7-15(8-5-12)11-13-6-3-9(14-11)18-2/h3,6H,4-5,7-8H2,1-2H3,(H,16,17). The zero-order chi connectivity index (χ0) is 13.2. The molecule has 0 aromatic carbocycles. The first-order chi connectivity index (χ1) is 8.55. The van der Waals surface area contributed by atoms with Crippen molar-refractivity contribution in [1.82, 2.24) is 9.97 Å². The third kappa shape index (κ3) is 2.37. The molecule has 1 fully saturated rings. The number of aromatic nitrogens is 2. The molecule has 0 amide bonds. The van der Waals surface area contributed by atoms with Crippen molar-refractivity contribution in [3.8, 4) is 5.88 Å². The summed E-state index contributed by atoms with van der Waals surface area (Å²) in [6.45, 7) is 3.09. The highest BCUT2D eigenvalue weighted by atomic mass is 16.5. The molecule has 0 saturated carbocycles. The molecule has 2 rings (SSSR count). The summed E-state index contributed by atoms with van der Waals surface area (Å²) in [6, 6.07) is 1.69. The molecule has 0 radical (unpaired) electrons. The third-order valence-corrected chi connectivity index (χ3v) is 3.49. The Morgan fingerprint density at radius 3 is 2.72 bits per heavy atom. The van der Waals surface area contributed by atoms with Crippen LogP contribution in [0.3, 0.4) is 0 Å². The number of methoxy groups -OCH3 is 1. The number of nitrogens with zero attached hydrogens (tertiary/aromatic N) is 3. The van der Waals surface area contributed by atoms with Crippen LogP contribution in [-0.4, -0.2) is 41.2 Å². The number of hydrogen-bond donors (Lipinski definition) is 1. The van der Waals surface area contributed by atoms with Crippen molar-refractivity contribution in [3.63, 3.8) is 0 Å². The van der Waals surface area contributed by atoms with Gasteiger partial charge in [-0.15, -0.1) is 0 Å². The topological polar surface area (TPSA) is 75.5 Å². The van der Waals surface area contributed by atoms with Crippen LogP contribution < -0.4 is 9.64 Å². The lowest BCUT2D eigenvalue weighted by Crippen LogP contribution is -2.43. The second-order valence-electron chi connectivity index (χ2n) is 4.75. The highest BCUT2D eigenvalue weighted by molar-refractivity contribution is 5.74. The fraction of sp³-hybridized carbons (Fsp3) is 0.583. The number of rotatable bonds is 3. The van der Waals surface area contributed by atoms with Crippen molar-refractivity contribution in [1.29, 1.82) is 0 Å². The van der Waals surface area contributed by atoms with Crippen LogP contribution in [0.5, 0.6) is 5.88 Å². The van der Waals surface area contributed by atoms with Crippen LogP contribution in [0.1, 0.15) is 19.8 Å². The van der Waals surface area contributed by atoms with E-state index in [1.165, 1.54) is 0 Å². The quantitative estimate of drug-likeness (QED) is 0.869. The average molecular weight is 251 g/mol. The first-order valence-corrected chi connectivity index (χ1v) is 5.90. The van der Waals surface area contributed by atoms with Gasteiger partial charge in [0.15, 0.2) is 0 Å². The van der Waals surface area contributed by atoms with Gasteiger partial charge >= 0.3 is 5.97 Å². The van der Waals surface area contributed by atoms with Gasteiger partial charge in [-0.3, -0.25) is 4.79 Å². The van der Waals surface area contributed by atoms with Crippen molar-refractivity contribution in [3.05, 3.63) is 12.3 Å². The maximum Gasteiger partial charge on any atom is 0.309 e. The van der Waals surface area contributed by atoms with Crippen molar-refractivity contribution in [2.75, 3.05) is 25.1 Å². The SMILES string of the molecule is COc1ccnc(N2CCC(C)(C(=O)O)CC2)n1. The molecule has 1 aliphatic heterocycles. The molecule has 1 aromatic heterocycles. The third-order valence-electron chi connectivity index (χ3n) is 3.49. The first kappa shape index (κ1) is 12.6. The van der Waals surface area contributed by atoms with Gasteiger partial charge < -0.3 is 14.7 Å². The summed E-state index contributed by atoms with van der Waals surface area (Å²) in [5.74, 6) is 0.391. The largest absolute Gasteiger partial charge is 0.481 e. The van der Waals surface area contributed by atoms with Gasteiger partial charge in [-0.1, -0.05) is 0 Å². The number of carbonyl (C=O) groups is 1. The first-order valence-electron chi connectivity index (χ1n) is 5.90. The van der Waals surface area contributed by atoms with Gasteiger partial charge in [0, 0.05) is 25.4 Å². The Hall–Kier alpha value is -1.85. The summed E-state index contributed by atoms with van der Waals surface area (Å²) in [5, 5.41) is 9.17. The predicted molar refractivity (Wildman–Crippen MR) is 65.8 cm³/mol. The van der Waals surface area contributed by atoms with Gasteiger partial charge in [0.05, 0.1) is 12.5 Å². The predicted octanol–water partition coefficient (Wildman–Crippen LogP) is 1.18. The van der Waals surface area contributed by atoms with E-state index in [9.17, 15) is 4.79 Å². The second-order valence-corrected chi connectivity index (χ2v) is 4.75. The molecule has 1 N–H and O–H groups in total. The summed E-state index contributed by atoms with van der Waals surface area (Å²) in [6.07, 6.45) is 2.85. The van der Waals surface area contributed by atoms with E-state index in [-0.39, 0.29) is 0 Å². The van der Waals surface area contributed by atoms with Gasteiger partial charge in [0.25, 0.3) is 0 Å². The molecule has 98 valence electrons. The van der Waals surface area contributed by atoms with E-state index in [1.54, 1.807) is 26.3 Å². The molecule has 0 aliphatic carbocycles. The molecule has 0 atom stereocenters. The number of carboxylic acids is 1. The zero-order valence-corrected chi connectivity index (χ0v) is 10.6. The molecule has 18 heavy (non-hydrogen) atoms. The Kier molecular flexibility index (Phi) is 3.36. The number of anilines is 1. The van der Waals surface area contributed by atoms with Crippen LogP contribution in [-0.2, 0) is 4.79 Å². The van der Waals surface area contributed by atoms with Gasteiger partial charge in [-0.05, 0) is 19.8 Å². The summed E-state index contributed by atoms with van der Waals surface area (Å²) in [4.78, 5) is 21.6. The maximum absolute atomic E-state index is 11.1. The summed E-state index contributed by atoms with van der Waals surface area (Å²) < 4.78 is 5.05. The number of aliphatic carboxylic acids is 1. The number of ether oxygens (including phenoxy) is 1. The van der Waals surface area contributed by atoms with Crippen LogP contribution in [0.25, 0.3) is 0 Å². The Balaban J connectivity index is 2.07. The van der Waals surface area contributed by atoms with Gasteiger partial charge in [-0.25, -0.2) is 4.98 Å². The minimum Gasteiger partial charge on any atom is -0.481 e. The van der Waals surface area contributed by atoms with Crippen molar-refractivity contribution in [2.24, 2.45) is 5.41 Å². The van der Waals surface area contributed by atoms with Gasteiger partial charge in [0.2, 0.25) is 11.8 Å². The molecule has 1 aromatic rings. The van der Waals surface area contributed by atoms with Crippen LogP contribution in [0.2, 0.25) is 0 Å². The number of piperidine rings is 1. The van der Waals surface area contributed by atoms with Crippen molar-refractivity contribution >= 4 is 11.9 Å². The second kappa shape index (κ2) is 4.80. The summed E-state index contributed by atoms with van der Waals surface area (Å²) in [7, 11) is 1.56. The molecule has 1 aliphatic rings. The van der Waals surface area contributed by atoms with E-state index in [4.69, 9.17) is 9.84 Å². The van der Waals surface area contributed by atoms with E-state index in [1.807, 2.05) is 4.90 Å². The molecule has 6 nitrogen and oxygen atoms in total. The lowest BCUT2D eigenvalue weighted by molar-refractivity contribution is -0.149. The fourth-order valence-corrected chi connectivity index (χ4v) is 2.01. The molecule has 0 spiro atoms. The van der Waals surface area contributed by atoms with Crippen molar-refractivity contribution in [2.45, 2.75) is 19.8 Å². The van der Waals surface area contributed by atoms with Gasteiger partial charge in [0.1, 0.15) is 0 Å². The van der Waals surface area contributed by atoms with Crippen LogP contribution in [0.4, 0.5) is 5.95 Å². The average Bonchev–Trinajstić information content (AvgIpc) is 2.39. The summed E-state index contributed by atoms with van der Waals surface area (Å²) in [5.41, 5.74) is -0.630. The highest BCUT2D eigenvalue weighted by Crippen LogP contribution is 2.32. The zero-order valence-electron chi connectivity index (χ0n) is 10.6. The molecule has 2 heterocycles. The smallest absolute Gasteiger partial charge is 0.309 e. The Labute approximate surface area is 106 Å². The van der Waals surface area contributed by atoms with E-state index in [0.29, 0.717) is 37.8 Å². The Bertz CT molecular complexity index is 442. The minimum atomic E-state index is -0.728. The van der Waals surface area contributed by atoms with E-state index >= 15 is 0 Å². The van der Waals surface area contributed by atoms with E-state index < -0.39 is 11.4 Å². The summed E-state index contributed by atoms with van der Waals surface area (Å²) >= 11 is 0. The highest BCUT2D eigenvalue weighted by Gasteiger charge is 2.37. The number of carboxylic acid groups (broad SMARTS) is 1. The Morgan fingerprint density at radius 2 is 2.17 bits per heavy atom. The van der Waals surface area contributed by atoms with E-state index in [2.05, 4.69) is 9.97 Å². The van der Waals surface area contributed by atoms with Crippen LogP contribution in [0.15, 0.2) is 12.3 Å². The number of hydrogen-bond acceptors (Lipinski definition) is 5. The molecule has 0 bridgehead atoms. The molecular weight excluding hydrogens is 234 g/mol.